The van der Waals surface area contributed by atoms with Gasteiger partial charge in [-0.3, -0.25) is 0 Å². The van der Waals surface area contributed by atoms with Crippen LogP contribution in [-0.2, 0) is 10.8 Å². The minimum Gasteiger partial charge on any atom is -0.456 e. The summed E-state index contributed by atoms with van der Waals surface area (Å²) in [6.07, 6.45) is 6.93. The molecule has 2 nitrogen and oxygen atoms in total. The van der Waals surface area contributed by atoms with Gasteiger partial charge in [0.25, 0.3) is 0 Å². The number of nitrogens with zero attached hydrogens (tertiary/aromatic N) is 1. The number of para-hydroxylation sites is 1. The predicted molar refractivity (Wildman–Crippen MR) is 260 cm³/mol. The van der Waals surface area contributed by atoms with Crippen LogP contribution in [-0.4, -0.2) is 0 Å². The zero-order valence-corrected chi connectivity index (χ0v) is 35.9. The third-order valence-corrected chi connectivity index (χ3v) is 16.7. The van der Waals surface area contributed by atoms with Crippen LogP contribution in [0.15, 0.2) is 180 Å². The summed E-state index contributed by atoms with van der Waals surface area (Å²) in [7, 11) is 0. The van der Waals surface area contributed by atoms with E-state index in [2.05, 4.69) is 195 Å². The Balaban J connectivity index is 0.943. The van der Waals surface area contributed by atoms with Crippen molar-refractivity contribution in [3.8, 4) is 44.5 Å². The molecule has 8 aromatic carbocycles. The van der Waals surface area contributed by atoms with Crippen LogP contribution in [0, 0.1) is 23.7 Å². The zero-order chi connectivity index (χ0) is 41.6. The van der Waals surface area contributed by atoms with Crippen molar-refractivity contribution < 1.29 is 4.42 Å². The Morgan fingerprint density at radius 3 is 1.76 bits per heavy atom. The molecule has 0 aliphatic heterocycles. The molecule has 4 fully saturated rings. The van der Waals surface area contributed by atoms with Crippen LogP contribution in [0.1, 0.15) is 68.2 Å². The Bertz CT molecular complexity index is 3320. The SMILES string of the molecule is CC1(C)c2ccccc2-c2cccc(-c3ccccc3-c3ccc(N(c4ccc5c(c4)C4(c6ccccc6-5)C5CC6CC(C5)CC4C6)c4cccc5oc6ccccc6c45)cc3)c21. The Labute approximate surface area is 369 Å². The minimum atomic E-state index is -0.106. The van der Waals surface area contributed by atoms with E-state index in [-0.39, 0.29) is 10.8 Å². The number of hydrogen-bond acceptors (Lipinski definition) is 2. The quantitative estimate of drug-likeness (QED) is 0.172. The highest BCUT2D eigenvalue weighted by Gasteiger charge is 2.61. The third-order valence-electron chi connectivity index (χ3n) is 16.7. The normalized spacial score (nSPS) is 23.0. The molecule has 0 atom stereocenters. The van der Waals surface area contributed by atoms with Crippen molar-refractivity contribution in [2.75, 3.05) is 4.90 Å². The first kappa shape index (κ1) is 35.9. The summed E-state index contributed by atoms with van der Waals surface area (Å²) in [6.45, 7) is 4.78. The Hall–Kier alpha value is -6.64. The molecule has 1 heterocycles. The molecular weight excluding hydrogens is 763 g/mol. The van der Waals surface area contributed by atoms with Crippen LogP contribution in [0.25, 0.3) is 66.4 Å². The van der Waals surface area contributed by atoms with E-state index < -0.39 is 0 Å². The number of benzene rings is 8. The number of hydrogen-bond donors (Lipinski definition) is 0. The summed E-state index contributed by atoms with van der Waals surface area (Å²) < 4.78 is 6.56. The molecule has 6 aliphatic rings. The maximum absolute atomic E-state index is 6.56. The molecule has 15 rings (SSSR count). The fourth-order valence-corrected chi connectivity index (χ4v) is 14.5. The second kappa shape index (κ2) is 13.0. The third kappa shape index (κ3) is 4.85. The van der Waals surface area contributed by atoms with Gasteiger partial charge >= 0.3 is 0 Å². The molecule has 2 heteroatoms. The van der Waals surface area contributed by atoms with E-state index in [1.807, 2.05) is 0 Å². The van der Waals surface area contributed by atoms with Gasteiger partial charge in [-0.05, 0) is 165 Å². The average Bonchev–Trinajstić information content (AvgIpc) is 3.93. The smallest absolute Gasteiger partial charge is 0.137 e. The molecule has 6 aliphatic carbocycles. The molecule has 9 aromatic rings. The molecule has 4 saturated carbocycles. The number of anilines is 3. The monoisotopic (exact) mass is 811 g/mol. The molecule has 4 bridgehead atoms. The van der Waals surface area contributed by atoms with E-state index in [4.69, 9.17) is 4.42 Å². The fraction of sp³-hybridized carbons (Fsp3) is 0.213. The van der Waals surface area contributed by atoms with E-state index in [1.165, 1.54) is 93.4 Å². The Morgan fingerprint density at radius 2 is 1.00 bits per heavy atom. The summed E-state index contributed by atoms with van der Waals surface area (Å²) >= 11 is 0. The first-order valence-electron chi connectivity index (χ1n) is 23.3. The second-order valence-electron chi connectivity index (χ2n) is 20.0. The molecule has 63 heavy (non-hydrogen) atoms. The van der Waals surface area contributed by atoms with Gasteiger partial charge in [0, 0.05) is 27.6 Å². The van der Waals surface area contributed by atoms with Gasteiger partial charge in [0.05, 0.1) is 11.1 Å². The fourth-order valence-electron chi connectivity index (χ4n) is 14.5. The highest BCUT2D eigenvalue weighted by Crippen LogP contribution is 2.69. The van der Waals surface area contributed by atoms with Crippen LogP contribution >= 0.6 is 0 Å². The van der Waals surface area contributed by atoms with Gasteiger partial charge in [-0.25, -0.2) is 0 Å². The highest BCUT2D eigenvalue weighted by molar-refractivity contribution is 6.13. The van der Waals surface area contributed by atoms with E-state index in [0.717, 1.165) is 45.1 Å². The van der Waals surface area contributed by atoms with Crippen molar-refractivity contribution in [1.82, 2.24) is 0 Å². The lowest BCUT2D eigenvalue weighted by molar-refractivity contribution is -0.0399. The summed E-state index contributed by atoms with van der Waals surface area (Å²) in [4.78, 5) is 2.52. The van der Waals surface area contributed by atoms with Crippen molar-refractivity contribution in [1.29, 1.82) is 0 Å². The van der Waals surface area contributed by atoms with E-state index in [1.54, 1.807) is 11.1 Å². The number of fused-ring (bicyclic) bond motifs is 9. The van der Waals surface area contributed by atoms with Gasteiger partial charge in [0.2, 0.25) is 0 Å². The Morgan fingerprint density at radius 1 is 0.444 bits per heavy atom. The first-order valence-corrected chi connectivity index (χ1v) is 23.3. The lowest BCUT2D eigenvalue weighted by atomic mass is 9.43. The minimum absolute atomic E-state index is 0.0799. The maximum atomic E-state index is 6.56. The van der Waals surface area contributed by atoms with Crippen LogP contribution < -0.4 is 4.90 Å². The highest BCUT2D eigenvalue weighted by atomic mass is 16.3. The number of rotatable bonds is 5. The molecule has 0 saturated heterocycles. The summed E-state index contributed by atoms with van der Waals surface area (Å²) in [5.41, 5.74) is 21.9. The molecule has 1 aromatic heterocycles. The molecular formula is C61H49NO. The lowest BCUT2D eigenvalue weighted by Gasteiger charge is -2.61. The topological polar surface area (TPSA) is 16.4 Å². The van der Waals surface area contributed by atoms with Gasteiger partial charge < -0.3 is 9.32 Å². The standard InChI is InChI=1S/C61H49NO/c1-60(2)52-20-8-5-16-47(52)50-19-11-18-49(59(50)60)45-14-4-3-13-44(45)39-25-27-42(28-26-39)62(55-22-12-24-57-58(55)51-17-7-10-23-56(51)63-57)43-29-30-48-46-15-6-9-21-53(46)61(54(48)36-43)40-32-37-31-38(34-40)35-41(61)33-37/h3-30,36-38,40-41H,31-35H2,1-2H3. The second-order valence-corrected chi connectivity index (χ2v) is 20.0. The molecule has 0 N–H and O–H groups in total. The van der Waals surface area contributed by atoms with Crippen molar-refractivity contribution in [3.05, 3.63) is 198 Å². The average molecular weight is 812 g/mol. The zero-order valence-electron chi connectivity index (χ0n) is 35.9. The molecule has 0 amide bonds. The van der Waals surface area contributed by atoms with Crippen molar-refractivity contribution in [3.63, 3.8) is 0 Å². The molecule has 0 unspecified atom stereocenters. The van der Waals surface area contributed by atoms with Crippen molar-refractivity contribution in [2.45, 2.75) is 56.8 Å². The maximum Gasteiger partial charge on any atom is 0.137 e. The molecule has 304 valence electrons. The first-order chi connectivity index (χ1) is 31.0. The van der Waals surface area contributed by atoms with Crippen LogP contribution in [0.2, 0.25) is 0 Å². The van der Waals surface area contributed by atoms with Crippen molar-refractivity contribution in [2.24, 2.45) is 23.7 Å². The lowest BCUT2D eigenvalue weighted by Crippen LogP contribution is -2.55. The molecule has 0 radical (unpaired) electrons. The van der Waals surface area contributed by atoms with Gasteiger partial charge in [-0.1, -0.05) is 147 Å². The predicted octanol–water partition coefficient (Wildman–Crippen LogP) is 16.4. The molecule has 1 spiro atoms. The summed E-state index contributed by atoms with van der Waals surface area (Å²) in [6, 6.07) is 66.3. The van der Waals surface area contributed by atoms with Crippen molar-refractivity contribution >= 4 is 39.0 Å². The number of furan rings is 1. The van der Waals surface area contributed by atoms with Crippen LogP contribution in [0.4, 0.5) is 17.1 Å². The Kier molecular flexibility index (Phi) is 7.38. The van der Waals surface area contributed by atoms with Gasteiger partial charge in [0.15, 0.2) is 0 Å². The van der Waals surface area contributed by atoms with Gasteiger partial charge in [-0.15, -0.1) is 0 Å². The van der Waals surface area contributed by atoms with Crippen LogP contribution in [0.5, 0.6) is 0 Å². The van der Waals surface area contributed by atoms with Crippen LogP contribution in [0.3, 0.4) is 0 Å². The van der Waals surface area contributed by atoms with Gasteiger partial charge in [-0.2, -0.15) is 0 Å². The summed E-state index contributed by atoms with van der Waals surface area (Å²) in [5.74, 6) is 3.20. The van der Waals surface area contributed by atoms with E-state index in [0.29, 0.717) is 11.8 Å². The van der Waals surface area contributed by atoms with E-state index >= 15 is 0 Å². The van der Waals surface area contributed by atoms with Gasteiger partial charge in [0.1, 0.15) is 11.2 Å². The largest absolute Gasteiger partial charge is 0.456 e. The summed E-state index contributed by atoms with van der Waals surface area (Å²) in [5, 5.41) is 2.29. The van der Waals surface area contributed by atoms with E-state index in [9.17, 15) is 0 Å².